The second-order valence-corrected chi connectivity index (χ2v) is 7.15. The summed E-state index contributed by atoms with van der Waals surface area (Å²) in [5, 5.41) is 3.32. The summed E-state index contributed by atoms with van der Waals surface area (Å²) >= 11 is 6.27. The number of methoxy groups -OCH3 is 1. The van der Waals surface area contributed by atoms with Gasteiger partial charge < -0.3 is 19.5 Å². The van der Waals surface area contributed by atoms with Gasteiger partial charge in [0.2, 0.25) is 0 Å². The third-order valence-corrected chi connectivity index (χ3v) is 3.96. The predicted octanol–water partition coefficient (Wildman–Crippen LogP) is 4.53. The largest absolute Gasteiger partial charge is 0.487 e. The van der Waals surface area contributed by atoms with E-state index in [1.807, 2.05) is 20.8 Å². The predicted molar refractivity (Wildman–Crippen MR) is 102 cm³/mol. The summed E-state index contributed by atoms with van der Waals surface area (Å²) in [6, 6.07) is 5.18. The first-order valence-electron chi connectivity index (χ1n) is 8.62. The molecule has 0 aliphatic heterocycles. The van der Waals surface area contributed by atoms with Crippen LogP contribution in [0.5, 0.6) is 5.75 Å². The van der Waals surface area contributed by atoms with Crippen LogP contribution < -0.4 is 10.1 Å². The average Bonchev–Trinajstić information content (AvgIpc) is 2.49. The number of hydrogen-bond acceptors (Lipinski definition) is 4. The van der Waals surface area contributed by atoms with E-state index in [1.165, 1.54) is 0 Å². The Morgan fingerprint density at radius 2 is 2.00 bits per heavy atom. The van der Waals surface area contributed by atoms with Gasteiger partial charge >= 0.3 is 0 Å². The van der Waals surface area contributed by atoms with E-state index in [2.05, 4.69) is 19.2 Å². The molecule has 2 atom stereocenters. The molecule has 1 aromatic rings. The van der Waals surface area contributed by atoms with Crippen molar-refractivity contribution in [2.75, 3.05) is 25.6 Å². The van der Waals surface area contributed by atoms with Crippen molar-refractivity contribution in [2.24, 2.45) is 5.92 Å². The molecule has 1 N–H and O–H groups in total. The molecule has 1 rings (SSSR count). The van der Waals surface area contributed by atoms with Crippen molar-refractivity contribution in [1.29, 1.82) is 0 Å². The van der Waals surface area contributed by atoms with Crippen molar-refractivity contribution >= 4 is 23.2 Å². The molecule has 0 heterocycles. The van der Waals surface area contributed by atoms with Gasteiger partial charge in [0.1, 0.15) is 17.5 Å². The first kappa shape index (κ1) is 21.7. The molecule has 25 heavy (non-hydrogen) atoms. The minimum atomic E-state index is -0.877. The fourth-order valence-corrected chi connectivity index (χ4v) is 2.96. The first-order chi connectivity index (χ1) is 11.7. The van der Waals surface area contributed by atoms with E-state index in [1.54, 1.807) is 25.3 Å². The number of nitrogens with one attached hydrogen (secondary N) is 1. The lowest BCUT2D eigenvalue weighted by Crippen LogP contribution is -2.43. The molecule has 1 aromatic carbocycles. The van der Waals surface area contributed by atoms with Gasteiger partial charge in [0.05, 0.1) is 11.6 Å². The SMILES string of the molecule is CCOC(C)(CC(C)C)C(=O)Nc1ccc(OC(C)COC)c(Cl)c1. The van der Waals surface area contributed by atoms with E-state index >= 15 is 0 Å². The Kier molecular flexibility index (Phi) is 8.69. The molecular weight excluding hydrogens is 342 g/mol. The standard InChI is InChI=1S/C19H30ClNO4/c1-7-24-19(5,11-13(2)3)18(22)21-15-8-9-17(16(20)10-15)25-14(4)12-23-6/h8-10,13-14H,7,11-12H2,1-6H3,(H,21,22). The lowest BCUT2D eigenvalue weighted by Gasteiger charge is -2.30. The molecule has 0 aromatic heterocycles. The number of benzene rings is 1. The van der Waals surface area contributed by atoms with Crippen LogP contribution in [0.4, 0.5) is 5.69 Å². The van der Waals surface area contributed by atoms with E-state index in [-0.39, 0.29) is 12.0 Å². The van der Waals surface area contributed by atoms with Crippen molar-refractivity contribution in [2.45, 2.75) is 52.7 Å². The zero-order valence-corrected chi connectivity index (χ0v) is 16.8. The quantitative estimate of drug-likeness (QED) is 0.656. The summed E-state index contributed by atoms with van der Waals surface area (Å²) in [6.45, 7) is 10.7. The number of amides is 1. The molecule has 1 amide bonds. The Balaban J connectivity index is 2.84. The van der Waals surface area contributed by atoms with Gasteiger partial charge in [-0.15, -0.1) is 0 Å². The Labute approximate surface area is 156 Å². The van der Waals surface area contributed by atoms with Crippen molar-refractivity contribution in [3.63, 3.8) is 0 Å². The van der Waals surface area contributed by atoms with E-state index in [0.717, 1.165) is 0 Å². The van der Waals surface area contributed by atoms with Crippen LogP contribution in [0.15, 0.2) is 18.2 Å². The van der Waals surface area contributed by atoms with Gasteiger partial charge in [0, 0.05) is 19.4 Å². The van der Waals surface area contributed by atoms with Crippen LogP contribution in [0.3, 0.4) is 0 Å². The zero-order chi connectivity index (χ0) is 19.0. The molecule has 0 radical (unpaired) electrons. The van der Waals surface area contributed by atoms with Crippen molar-refractivity contribution < 1.29 is 19.0 Å². The van der Waals surface area contributed by atoms with Crippen LogP contribution in [0.25, 0.3) is 0 Å². The average molecular weight is 372 g/mol. The summed E-state index contributed by atoms with van der Waals surface area (Å²) in [7, 11) is 1.62. The van der Waals surface area contributed by atoms with Crippen LogP contribution >= 0.6 is 11.6 Å². The number of ether oxygens (including phenoxy) is 3. The van der Waals surface area contributed by atoms with Gasteiger partial charge in [0.15, 0.2) is 0 Å². The lowest BCUT2D eigenvalue weighted by molar-refractivity contribution is -0.140. The molecule has 0 aliphatic rings. The van der Waals surface area contributed by atoms with Crippen LogP contribution in [0, 0.1) is 5.92 Å². The van der Waals surface area contributed by atoms with Crippen LogP contribution in [-0.2, 0) is 14.3 Å². The Hall–Kier alpha value is -1.30. The molecule has 0 saturated heterocycles. The highest BCUT2D eigenvalue weighted by Gasteiger charge is 2.34. The molecule has 0 fully saturated rings. The number of rotatable bonds is 10. The molecule has 0 spiro atoms. The number of carbonyl (C=O) groups excluding carboxylic acids is 1. The molecule has 0 saturated carbocycles. The first-order valence-corrected chi connectivity index (χ1v) is 9.00. The maximum absolute atomic E-state index is 12.7. The highest BCUT2D eigenvalue weighted by molar-refractivity contribution is 6.32. The molecular formula is C19H30ClNO4. The van der Waals surface area contributed by atoms with Gasteiger partial charge in [-0.3, -0.25) is 4.79 Å². The Morgan fingerprint density at radius 3 is 2.52 bits per heavy atom. The maximum Gasteiger partial charge on any atom is 0.256 e. The van der Waals surface area contributed by atoms with Crippen molar-refractivity contribution in [1.82, 2.24) is 0 Å². The molecule has 0 bridgehead atoms. The summed E-state index contributed by atoms with van der Waals surface area (Å²) in [5.41, 5.74) is -0.270. The molecule has 142 valence electrons. The minimum absolute atomic E-state index is 0.116. The fraction of sp³-hybridized carbons (Fsp3) is 0.632. The summed E-state index contributed by atoms with van der Waals surface area (Å²) < 4.78 is 16.5. The summed E-state index contributed by atoms with van der Waals surface area (Å²) in [5.74, 6) is 0.712. The second kappa shape index (κ2) is 10.00. The lowest BCUT2D eigenvalue weighted by atomic mass is 9.93. The topological polar surface area (TPSA) is 56.8 Å². The van der Waals surface area contributed by atoms with Gasteiger partial charge in [-0.05, 0) is 51.3 Å². The van der Waals surface area contributed by atoms with Crippen LogP contribution in [-0.4, -0.2) is 37.9 Å². The third kappa shape index (κ3) is 6.84. The van der Waals surface area contributed by atoms with Gasteiger partial charge in [-0.2, -0.15) is 0 Å². The second-order valence-electron chi connectivity index (χ2n) is 6.74. The van der Waals surface area contributed by atoms with E-state index in [9.17, 15) is 4.79 Å². The van der Waals surface area contributed by atoms with E-state index in [4.69, 9.17) is 25.8 Å². The van der Waals surface area contributed by atoms with Crippen LogP contribution in [0.1, 0.15) is 41.0 Å². The Morgan fingerprint density at radius 1 is 1.32 bits per heavy atom. The number of carbonyl (C=O) groups is 1. The summed E-state index contributed by atoms with van der Waals surface area (Å²) in [4.78, 5) is 12.7. The molecule has 0 aliphatic carbocycles. The normalized spacial score (nSPS) is 14.9. The smallest absolute Gasteiger partial charge is 0.256 e. The van der Waals surface area contributed by atoms with E-state index in [0.29, 0.717) is 42.0 Å². The molecule has 5 nitrogen and oxygen atoms in total. The van der Waals surface area contributed by atoms with Gasteiger partial charge in [0.25, 0.3) is 5.91 Å². The van der Waals surface area contributed by atoms with E-state index < -0.39 is 5.60 Å². The number of hydrogen-bond donors (Lipinski definition) is 1. The van der Waals surface area contributed by atoms with Crippen LogP contribution in [0.2, 0.25) is 5.02 Å². The van der Waals surface area contributed by atoms with Gasteiger partial charge in [-0.25, -0.2) is 0 Å². The Bertz CT molecular complexity index is 564. The maximum atomic E-state index is 12.7. The number of halogens is 1. The summed E-state index contributed by atoms with van der Waals surface area (Å²) in [6.07, 6.45) is 0.520. The molecule has 6 heteroatoms. The van der Waals surface area contributed by atoms with Crippen molar-refractivity contribution in [3.8, 4) is 5.75 Å². The fourth-order valence-electron chi connectivity index (χ4n) is 2.74. The zero-order valence-electron chi connectivity index (χ0n) is 16.0. The van der Waals surface area contributed by atoms with Crippen molar-refractivity contribution in [3.05, 3.63) is 23.2 Å². The minimum Gasteiger partial charge on any atom is -0.487 e. The molecule has 2 unspecified atom stereocenters. The number of anilines is 1. The van der Waals surface area contributed by atoms with Gasteiger partial charge in [-0.1, -0.05) is 25.4 Å². The highest BCUT2D eigenvalue weighted by Crippen LogP contribution is 2.30. The third-order valence-electron chi connectivity index (χ3n) is 3.66. The highest BCUT2D eigenvalue weighted by atomic mass is 35.5. The monoisotopic (exact) mass is 371 g/mol.